The standard InChI is InChI=1S/C18H30N2/c1-17(2,3)14-12-16(20-10-8-7-9-11-20)19-13-15(14)18(4,5)6/h12-13H,7-11H2,1-6H3. The van der Waals surface area contributed by atoms with E-state index in [0.29, 0.717) is 0 Å². The topological polar surface area (TPSA) is 16.1 Å². The van der Waals surface area contributed by atoms with Crippen molar-refractivity contribution in [3.63, 3.8) is 0 Å². The van der Waals surface area contributed by atoms with Crippen LogP contribution in [0.4, 0.5) is 5.82 Å². The summed E-state index contributed by atoms with van der Waals surface area (Å²) < 4.78 is 0. The Balaban J connectivity index is 2.43. The lowest BCUT2D eigenvalue weighted by atomic mass is 9.76. The van der Waals surface area contributed by atoms with E-state index in [-0.39, 0.29) is 10.8 Å². The molecular formula is C18H30N2. The molecule has 0 amide bonds. The second kappa shape index (κ2) is 5.38. The number of hydrogen-bond donors (Lipinski definition) is 0. The van der Waals surface area contributed by atoms with Crippen molar-refractivity contribution >= 4 is 5.82 Å². The van der Waals surface area contributed by atoms with Gasteiger partial charge in [-0.1, -0.05) is 41.5 Å². The van der Waals surface area contributed by atoms with Crippen LogP contribution in [0.1, 0.15) is 71.9 Å². The second-order valence-corrected chi connectivity index (χ2v) is 8.14. The normalized spacial score (nSPS) is 17.4. The molecule has 1 aliphatic heterocycles. The molecule has 1 fully saturated rings. The van der Waals surface area contributed by atoms with Gasteiger partial charge >= 0.3 is 0 Å². The van der Waals surface area contributed by atoms with E-state index < -0.39 is 0 Å². The van der Waals surface area contributed by atoms with Crippen molar-refractivity contribution in [1.82, 2.24) is 4.98 Å². The Bertz CT molecular complexity index is 457. The highest BCUT2D eigenvalue weighted by Crippen LogP contribution is 2.35. The van der Waals surface area contributed by atoms with E-state index in [2.05, 4.69) is 58.7 Å². The number of hydrogen-bond acceptors (Lipinski definition) is 2. The van der Waals surface area contributed by atoms with Gasteiger partial charge in [0.2, 0.25) is 0 Å². The molecule has 20 heavy (non-hydrogen) atoms. The molecule has 0 aliphatic carbocycles. The van der Waals surface area contributed by atoms with Crippen LogP contribution in [0.2, 0.25) is 0 Å². The zero-order valence-corrected chi connectivity index (χ0v) is 14.1. The fourth-order valence-electron chi connectivity index (χ4n) is 2.96. The Morgan fingerprint density at radius 1 is 0.850 bits per heavy atom. The third kappa shape index (κ3) is 3.34. The van der Waals surface area contributed by atoms with Crippen LogP contribution in [0, 0.1) is 0 Å². The van der Waals surface area contributed by atoms with Crippen molar-refractivity contribution < 1.29 is 0 Å². The molecule has 0 atom stereocenters. The lowest BCUT2D eigenvalue weighted by Crippen LogP contribution is -2.31. The molecule has 2 heterocycles. The van der Waals surface area contributed by atoms with Gasteiger partial charge in [0.15, 0.2) is 0 Å². The van der Waals surface area contributed by atoms with Crippen molar-refractivity contribution in [2.24, 2.45) is 0 Å². The first kappa shape index (κ1) is 15.3. The van der Waals surface area contributed by atoms with Gasteiger partial charge in [-0.3, -0.25) is 0 Å². The number of aromatic nitrogens is 1. The molecule has 1 aromatic rings. The molecular weight excluding hydrogens is 244 g/mol. The van der Waals surface area contributed by atoms with E-state index in [1.807, 2.05) is 0 Å². The van der Waals surface area contributed by atoms with Gasteiger partial charge < -0.3 is 4.90 Å². The quantitative estimate of drug-likeness (QED) is 0.740. The number of nitrogens with zero attached hydrogens (tertiary/aromatic N) is 2. The van der Waals surface area contributed by atoms with Crippen LogP contribution in [0.25, 0.3) is 0 Å². The Morgan fingerprint density at radius 3 is 1.90 bits per heavy atom. The highest BCUT2D eigenvalue weighted by molar-refractivity contribution is 5.48. The van der Waals surface area contributed by atoms with Crippen molar-refractivity contribution in [3.05, 3.63) is 23.4 Å². The minimum absolute atomic E-state index is 0.149. The molecule has 0 unspecified atom stereocenters. The fraction of sp³-hybridized carbons (Fsp3) is 0.722. The summed E-state index contributed by atoms with van der Waals surface area (Å²) in [5.74, 6) is 1.17. The molecule has 0 N–H and O–H groups in total. The van der Waals surface area contributed by atoms with Gasteiger partial charge in [0.1, 0.15) is 5.82 Å². The smallest absolute Gasteiger partial charge is 0.128 e. The lowest BCUT2D eigenvalue weighted by Gasteiger charge is -2.33. The number of piperidine rings is 1. The summed E-state index contributed by atoms with van der Waals surface area (Å²) in [6.07, 6.45) is 6.08. The first-order chi connectivity index (χ1) is 9.19. The molecule has 2 rings (SSSR count). The third-order valence-corrected chi connectivity index (χ3v) is 4.19. The van der Waals surface area contributed by atoms with Crippen LogP contribution in [0.5, 0.6) is 0 Å². The first-order valence-electron chi connectivity index (χ1n) is 7.95. The van der Waals surface area contributed by atoms with Crippen LogP contribution in [-0.2, 0) is 10.8 Å². The largest absolute Gasteiger partial charge is 0.357 e. The lowest BCUT2D eigenvalue weighted by molar-refractivity contribution is 0.524. The van der Waals surface area contributed by atoms with Gasteiger partial charge in [0.25, 0.3) is 0 Å². The average molecular weight is 274 g/mol. The molecule has 0 bridgehead atoms. The number of anilines is 1. The molecule has 1 saturated heterocycles. The zero-order chi connectivity index (χ0) is 15.0. The van der Waals surface area contributed by atoms with E-state index in [1.165, 1.54) is 36.2 Å². The van der Waals surface area contributed by atoms with E-state index in [9.17, 15) is 0 Å². The summed E-state index contributed by atoms with van der Waals surface area (Å²) in [7, 11) is 0. The second-order valence-electron chi connectivity index (χ2n) is 8.14. The van der Waals surface area contributed by atoms with Crippen LogP contribution in [-0.4, -0.2) is 18.1 Å². The van der Waals surface area contributed by atoms with E-state index >= 15 is 0 Å². The monoisotopic (exact) mass is 274 g/mol. The minimum Gasteiger partial charge on any atom is -0.357 e. The third-order valence-electron chi connectivity index (χ3n) is 4.19. The predicted molar refractivity (Wildman–Crippen MR) is 87.7 cm³/mol. The summed E-state index contributed by atoms with van der Waals surface area (Å²) in [5, 5.41) is 0. The molecule has 1 aromatic heterocycles. The van der Waals surface area contributed by atoms with Crippen molar-refractivity contribution in [2.75, 3.05) is 18.0 Å². The maximum atomic E-state index is 4.77. The van der Waals surface area contributed by atoms with Gasteiger partial charge in [-0.05, 0) is 47.3 Å². The van der Waals surface area contributed by atoms with Crippen molar-refractivity contribution in [2.45, 2.75) is 71.6 Å². The Morgan fingerprint density at radius 2 is 1.40 bits per heavy atom. The van der Waals surface area contributed by atoms with E-state index in [1.54, 1.807) is 0 Å². The zero-order valence-electron chi connectivity index (χ0n) is 14.1. The molecule has 0 aromatic carbocycles. The fourth-order valence-corrected chi connectivity index (χ4v) is 2.96. The highest BCUT2D eigenvalue weighted by atomic mass is 15.2. The summed E-state index contributed by atoms with van der Waals surface area (Å²) in [6, 6.07) is 2.34. The maximum absolute atomic E-state index is 4.77. The van der Waals surface area contributed by atoms with Gasteiger partial charge in [-0.15, -0.1) is 0 Å². The van der Waals surface area contributed by atoms with Crippen LogP contribution in [0.3, 0.4) is 0 Å². The SMILES string of the molecule is CC(C)(C)c1cnc(N2CCCCC2)cc1C(C)(C)C. The maximum Gasteiger partial charge on any atom is 0.128 e. The molecule has 2 nitrogen and oxygen atoms in total. The summed E-state index contributed by atoms with van der Waals surface area (Å²) in [4.78, 5) is 7.22. The van der Waals surface area contributed by atoms with Crippen molar-refractivity contribution in [1.29, 1.82) is 0 Å². The summed E-state index contributed by atoms with van der Waals surface area (Å²) >= 11 is 0. The Kier molecular flexibility index (Phi) is 4.13. The summed E-state index contributed by atoms with van der Waals surface area (Å²) in [5.41, 5.74) is 3.14. The van der Waals surface area contributed by atoms with Gasteiger partial charge in [-0.25, -0.2) is 4.98 Å². The molecule has 0 saturated carbocycles. The summed E-state index contributed by atoms with van der Waals surface area (Å²) in [6.45, 7) is 16.1. The van der Waals surface area contributed by atoms with Crippen LogP contribution in [0.15, 0.2) is 12.3 Å². The molecule has 0 spiro atoms. The number of pyridine rings is 1. The van der Waals surface area contributed by atoms with Gasteiger partial charge in [0, 0.05) is 19.3 Å². The van der Waals surface area contributed by atoms with Crippen LogP contribution < -0.4 is 4.90 Å². The molecule has 1 aliphatic rings. The minimum atomic E-state index is 0.149. The van der Waals surface area contributed by atoms with E-state index in [4.69, 9.17) is 4.98 Å². The number of rotatable bonds is 1. The van der Waals surface area contributed by atoms with Gasteiger partial charge in [0.05, 0.1) is 0 Å². The highest BCUT2D eigenvalue weighted by Gasteiger charge is 2.26. The Hall–Kier alpha value is -1.05. The van der Waals surface area contributed by atoms with Gasteiger partial charge in [-0.2, -0.15) is 0 Å². The first-order valence-corrected chi connectivity index (χ1v) is 7.95. The molecule has 2 heteroatoms. The Labute approximate surface area is 124 Å². The average Bonchev–Trinajstić information content (AvgIpc) is 2.37. The molecule has 112 valence electrons. The van der Waals surface area contributed by atoms with Crippen LogP contribution >= 0.6 is 0 Å². The molecule has 0 radical (unpaired) electrons. The van der Waals surface area contributed by atoms with Crippen molar-refractivity contribution in [3.8, 4) is 0 Å². The van der Waals surface area contributed by atoms with E-state index in [0.717, 1.165) is 13.1 Å². The predicted octanol–water partition coefficient (Wildman–Crippen LogP) is 4.67.